The van der Waals surface area contributed by atoms with Gasteiger partial charge in [-0.2, -0.15) is 0 Å². The lowest BCUT2D eigenvalue weighted by Crippen LogP contribution is -2.32. The number of alkyl carbamates (subject to hydrolysis) is 1. The molecule has 1 amide bonds. The van der Waals surface area contributed by atoms with Crippen LogP contribution in [0.3, 0.4) is 0 Å². The number of carbonyl (C=O) groups is 2. The highest BCUT2D eigenvalue weighted by molar-refractivity contribution is 6.29. The van der Waals surface area contributed by atoms with Crippen molar-refractivity contribution in [2.24, 2.45) is 0 Å². The number of nitrogens with one attached hydrogen (secondary N) is 1. The van der Waals surface area contributed by atoms with E-state index in [9.17, 15) is 9.59 Å². The first-order chi connectivity index (χ1) is 12.2. The van der Waals surface area contributed by atoms with Crippen molar-refractivity contribution in [2.75, 3.05) is 0 Å². The van der Waals surface area contributed by atoms with Crippen LogP contribution in [0.25, 0.3) is 0 Å². The molecule has 1 aromatic heterocycles. The molecule has 0 saturated carbocycles. The van der Waals surface area contributed by atoms with Crippen molar-refractivity contribution in [3.8, 4) is 0 Å². The van der Waals surface area contributed by atoms with Crippen LogP contribution in [0.1, 0.15) is 42.3 Å². The van der Waals surface area contributed by atoms with Gasteiger partial charge in [0.2, 0.25) is 0 Å². The summed E-state index contributed by atoms with van der Waals surface area (Å²) in [5, 5.41) is 3.05. The topological polar surface area (TPSA) is 77.5 Å². The van der Waals surface area contributed by atoms with E-state index in [1.165, 1.54) is 0 Å². The van der Waals surface area contributed by atoms with E-state index in [0.717, 1.165) is 11.1 Å². The first-order valence-electron chi connectivity index (χ1n) is 8.06. The van der Waals surface area contributed by atoms with E-state index in [0.29, 0.717) is 17.3 Å². The largest absolute Gasteiger partial charge is 0.457 e. The van der Waals surface area contributed by atoms with Crippen molar-refractivity contribution >= 4 is 23.7 Å². The fraction of sp³-hybridized carbons (Fsp3) is 0.316. The maximum absolute atomic E-state index is 12.1. The number of hydrogen-bond acceptors (Lipinski definition) is 5. The Hall–Kier alpha value is -2.60. The minimum absolute atomic E-state index is 0.116. The predicted octanol–water partition coefficient (Wildman–Crippen LogP) is 4.12. The van der Waals surface area contributed by atoms with Gasteiger partial charge in [0, 0.05) is 18.3 Å². The van der Waals surface area contributed by atoms with Gasteiger partial charge in [0.1, 0.15) is 17.4 Å². The predicted molar refractivity (Wildman–Crippen MR) is 97.9 cm³/mol. The van der Waals surface area contributed by atoms with E-state index in [1.54, 1.807) is 63.4 Å². The average Bonchev–Trinajstić information content (AvgIpc) is 2.58. The summed E-state index contributed by atoms with van der Waals surface area (Å²) in [6.07, 6.45) is 1.07. The Morgan fingerprint density at radius 1 is 1.08 bits per heavy atom. The molecular formula is C19H21ClN2O4. The molecular weight excluding hydrogens is 356 g/mol. The highest BCUT2D eigenvalue weighted by Crippen LogP contribution is 2.11. The second kappa shape index (κ2) is 8.67. The fourth-order valence-corrected chi connectivity index (χ4v) is 2.08. The molecule has 0 bridgehead atoms. The Labute approximate surface area is 157 Å². The van der Waals surface area contributed by atoms with Crippen molar-refractivity contribution in [1.29, 1.82) is 0 Å². The molecule has 7 heteroatoms. The number of halogens is 1. The van der Waals surface area contributed by atoms with Crippen LogP contribution >= 0.6 is 11.6 Å². The van der Waals surface area contributed by atoms with E-state index in [-0.39, 0.29) is 6.61 Å². The number of nitrogens with zero attached hydrogens (tertiary/aromatic N) is 1. The normalized spacial score (nSPS) is 10.9. The van der Waals surface area contributed by atoms with E-state index < -0.39 is 17.7 Å². The number of pyridine rings is 1. The molecule has 2 rings (SSSR count). The zero-order chi connectivity index (χ0) is 19.2. The molecule has 0 aliphatic heterocycles. The molecule has 26 heavy (non-hydrogen) atoms. The summed E-state index contributed by atoms with van der Waals surface area (Å²) >= 11 is 5.71. The van der Waals surface area contributed by atoms with Gasteiger partial charge in [-0.3, -0.25) is 0 Å². The van der Waals surface area contributed by atoms with Gasteiger partial charge in [-0.05, 0) is 44.5 Å². The summed E-state index contributed by atoms with van der Waals surface area (Å²) < 4.78 is 10.4. The smallest absolute Gasteiger partial charge is 0.407 e. The Morgan fingerprint density at radius 3 is 2.31 bits per heavy atom. The van der Waals surface area contributed by atoms with Gasteiger partial charge in [-0.1, -0.05) is 29.8 Å². The van der Waals surface area contributed by atoms with Crippen LogP contribution in [0.15, 0.2) is 42.6 Å². The van der Waals surface area contributed by atoms with Gasteiger partial charge >= 0.3 is 12.1 Å². The Morgan fingerprint density at radius 2 is 1.73 bits per heavy atom. The molecule has 0 aliphatic rings. The van der Waals surface area contributed by atoms with Crippen molar-refractivity contribution < 1.29 is 19.1 Å². The van der Waals surface area contributed by atoms with Crippen molar-refractivity contribution in [2.45, 2.75) is 39.5 Å². The van der Waals surface area contributed by atoms with Crippen LogP contribution in [-0.2, 0) is 22.6 Å². The summed E-state index contributed by atoms with van der Waals surface area (Å²) in [5.74, 6) is -0.438. The Kier molecular flexibility index (Phi) is 6.58. The number of carbonyl (C=O) groups excluding carboxylic acids is 2. The first-order valence-corrected chi connectivity index (χ1v) is 8.44. The van der Waals surface area contributed by atoms with Gasteiger partial charge in [-0.25, -0.2) is 14.6 Å². The summed E-state index contributed by atoms with van der Waals surface area (Å²) in [6, 6.07) is 10.2. The Bertz CT molecular complexity index is 753. The lowest BCUT2D eigenvalue weighted by Gasteiger charge is -2.19. The lowest BCUT2D eigenvalue weighted by molar-refractivity contribution is 0.0470. The van der Waals surface area contributed by atoms with E-state index >= 15 is 0 Å². The molecule has 0 unspecified atom stereocenters. The monoisotopic (exact) mass is 376 g/mol. The van der Waals surface area contributed by atoms with Gasteiger partial charge in [-0.15, -0.1) is 0 Å². The molecule has 0 atom stereocenters. The number of hydrogen-bond donors (Lipinski definition) is 1. The van der Waals surface area contributed by atoms with Crippen molar-refractivity contribution in [1.82, 2.24) is 10.3 Å². The number of benzene rings is 1. The SMILES string of the molecule is CC(C)(C)OC(=O)NCc1ccc(C(=O)OCc2ccc(Cl)nc2)cc1. The molecule has 0 radical (unpaired) electrons. The molecule has 0 aliphatic carbocycles. The maximum Gasteiger partial charge on any atom is 0.407 e. The zero-order valence-electron chi connectivity index (χ0n) is 14.9. The fourth-order valence-electron chi connectivity index (χ4n) is 1.97. The quantitative estimate of drug-likeness (QED) is 0.627. The molecule has 1 N–H and O–H groups in total. The molecule has 0 saturated heterocycles. The summed E-state index contributed by atoms with van der Waals surface area (Å²) in [4.78, 5) is 27.6. The summed E-state index contributed by atoms with van der Waals surface area (Å²) in [6.45, 7) is 5.82. The molecule has 0 spiro atoms. The Balaban J connectivity index is 1.83. The minimum Gasteiger partial charge on any atom is -0.457 e. The van der Waals surface area contributed by atoms with Gasteiger partial charge < -0.3 is 14.8 Å². The highest BCUT2D eigenvalue weighted by atomic mass is 35.5. The lowest BCUT2D eigenvalue weighted by atomic mass is 10.1. The minimum atomic E-state index is -0.544. The first kappa shape index (κ1) is 19.7. The van der Waals surface area contributed by atoms with E-state index in [1.807, 2.05) is 0 Å². The van der Waals surface area contributed by atoms with Crippen LogP contribution in [0.5, 0.6) is 0 Å². The molecule has 138 valence electrons. The summed E-state index contributed by atoms with van der Waals surface area (Å²) in [7, 11) is 0. The van der Waals surface area contributed by atoms with Crippen molar-refractivity contribution in [3.05, 3.63) is 64.4 Å². The van der Waals surface area contributed by atoms with Crippen LogP contribution in [0, 0.1) is 0 Å². The van der Waals surface area contributed by atoms with Crippen LogP contribution in [0.4, 0.5) is 4.79 Å². The zero-order valence-corrected chi connectivity index (χ0v) is 15.7. The molecule has 1 heterocycles. The number of esters is 1. The van der Waals surface area contributed by atoms with E-state index in [2.05, 4.69) is 10.3 Å². The maximum atomic E-state index is 12.1. The van der Waals surface area contributed by atoms with Crippen molar-refractivity contribution in [3.63, 3.8) is 0 Å². The number of rotatable bonds is 5. The van der Waals surface area contributed by atoms with Gasteiger partial charge in [0.05, 0.1) is 5.56 Å². The third kappa shape index (κ3) is 6.72. The van der Waals surface area contributed by atoms with Gasteiger partial charge in [0.25, 0.3) is 0 Å². The molecule has 6 nitrogen and oxygen atoms in total. The number of aromatic nitrogens is 1. The van der Waals surface area contributed by atoms with Crippen LogP contribution in [0.2, 0.25) is 5.15 Å². The standard InChI is InChI=1S/C19H21ClN2O4/c1-19(2,3)26-18(24)22-10-13-4-7-15(8-5-13)17(23)25-12-14-6-9-16(20)21-11-14/h4-9,11H,10,12H2,1-3H3,(H,22,24). The van der Waals surface area contributed by atoms with E-state index in [4.69, 9.17) is 21.1 Å². The molecule has 0 fully saturated rings. The molecule has 1 aromatic carbocycles. The van der Waals surface area contributed by atoms with Gasteiger partial charge in [0.15, 0.2) is 0 Å². The second-order valence-corrected chi connectivity index (χ2v) is 7.00. The number of ether oxygens (including phenoxy) is 2. The van der Waals surface area contributed by atoms with Crippen LogP contribution < -0.4 is 5.32 Å². The second-order valence-electron chi connectivity index (χ2n) is 6.62. The average molecular weight is 377 g/mol. The van der Waals surface area contributed by atoms with Crippen LogP contribution in [-0.4, -0.2) is 22.6 Å². The molecule has 2 aromatic rings. The highest BCUT2D eigenvalue weighted by Gasteiger charge is 2.15. The number of amides is 1. The third-order valence-electron chi connectivity index (χ3n) is 3.18. The third-order valence-corrected chi connectivity index (χ3v) is 3.41. The summed E-state index contributed by atoms with van der Waals surface area (Å²) in [5.41, 5.74) is 1.47.